The molecule has 1 amide bonds. The van der Waals surface area contributed by atoms with E-state index in [0.29, 0.717) is 25.9 Å². The van der Waals surface area contributed by atoms with Crippen molar-refractivity contribution in [3.63, 3.8) is 0 Å². The van der Waals surface area contributed by atoms with Gasteiger partial charge in [0.1, 0.15) is 0 Å². The molecule has 0 saturated carbocycles. The number of nitrogens with two attached hydrogens (primary N) is 1. The number of aliphatic hydroxyl groups excluding tert-OH is 1. The largest absolute Gasteiger partial charge is 0.395 e. The van der Waals surface area contributed by atoms with Gasteiger partial charge in [0.15, 0.2) is 0 Å². The first-order valence-corrected chi connectivity index (χ1v) is 3.39. The molecule has 0 atom stereocenters. The van der Waals surface area contributed by atoms with Gasteiger partial charge in [-0.25, -0.2) is 0 Å². The third-order valence-electron chi connectivity index (χ3n) is 1.04. The number of rotatable bonds is 5. The van der Waals surface area contributed by atoms with Gasteiger partial charge in [0, 0.05) is 13.0 Å². The zero-order chi connectivity index (χ0) is 7.82. The van der Waals surface area contributed by atoms with Crippen LogP contribution in [-0.2, 0) is 4.79 Å². The summed E-state index contributed by atoms with van der Waals surface area (Å²) in [4.78, 5) is 10.7. The minimum Gasteiger partial charge on any atom is -0.395 e. The van der Waals surface area contributed by atoms with E-state index in [9.17, 15) is 4.79 Å². The first-order chi connectivity index (χ1) is 4.81. The van der Waals surface area contributed by atoms with Gasteiger partial charge in [-0.05, 0) is 13.0 Å². The van der Waals surface area contributed by atoms with Crippen LogP contribution in [-0.4, -0.2) is 30.7 Å². The lowest BCUT2D eigenvalue weighted by molar-refractivity contribution is -0.121. The molecule has 0 radical (unpaired) electrons. The number of hydrogen-bond acceptors (Lipinski definition) is 3. The monoisotopic (exact) mass is 146 g/mol. The molecule has 60 valence electrons. The standard InChI is InChI=1S/C6H14N2O2/c7-3-1-2-6(10)8-4-5-9/h9H,1-5,7H2,(H,8,10). The van der Waals surface area contributed by atoms with Crippen molar-refractivity contribution in [2.45, 2.75) is 12.8 Å². The molecule has 4 heteroatoms. The van der Waals surface area contributed by atoms with Crippen molar-refractivity contribution in [2.75, 3.05) is 19.7 Å². The Morgan fingerprint density at radius 1 is 1.60 bits per heavy atom. The van der Waals surface area contributed by atoms with Crippen molar-refractivity contribution in [2.24, 2.45) is 5.73 Å². The van der Waals surface area contributed by atoms with Crippen LogP contribution in [0.3, 0.4) is 0 Å². The number of nitrogens with one attached hydrogen (secondary N) is 1. The highest BCUT2D eigenvalue weighted by Crippen LogP contribution is 1.83. The summed E-state index contributed by atoms with van der Waals surface area (Å²) < 4.78 is 0. The summed E-state index contributed by atoms with van der Waals surface area (Å²) in [6.45, 7) is 0.865. The van der Waals surface area contributed by atoms with E-state index in [-0.39, 0.29) is 12.5 Å². The molecular formula is C6H14N2O2. The maximum absolute atomic E-state index is 10.7. The molecule has 0 rings (SSSR count). The van der Waals surface area contributed by atoms with Crippen molar-refractivity contribution >= 4 is 5.91 Å². The summed E-state index contributed by atoms with van der Waals surface area (Å²) in [6.07, 6.45) is 1.16. The van der Waals surface area contributed by atoms with Crippen molar-refractivity contribution in [3.8, 4) is 0 Å². The van der Waals surface area contributed by atoms with Crippen LogP contribution in [0, 0.1) is 0 Å². The average Bonchev–Trinajstić information content (AvgIpc) is 1.97. The summed E-state index contributed by atoms with van der Waals surface area (Å²) in [5.41, 5.74) is 5.18. The van der Waals surface area contributed by atoms with Crippen LogP contribution < -0.4 is 11.1 Å². The van der Waals surface area contributed by atoms with Crippen molar-refractivity contribution in [1.29, 1.82) is 0 Å². The smallest absolute Gasteiger partial charge is 0.220 e. The van der Waals surface area contributed by atoms with Gasteiger partial charge >= 0.3 is 0 Å². The minimum absolute atomic E-state index is 0.00559. The second-order valence-corrected chi connectivity index (χ2v) is 1.97. The second-order valence-electron chi connectivity index (χ2n) is 1.97. The molecule has 10 heavy (non-hydrogen) atoms. The third kappa shape index (κ3) is 5.53. The zero-order valence-electron chi connectivity index (χ0n) is 5.97. The number of carbonyl (C=O) groups excluding carboxylic acids is 1. The van der Waals surface area contributed by atoms with Crippen molar-refractivity contribution < 1.29 is 9.90 Å². The van der Waals surface area contributed by atoms with E-state index in [2.05, 4.69) is 5.32 Å². The predicted molar refractivity (Wildman–Crippen MR) is 38.4 cm³/mol. The molecule has 0 aliphatic heterocycles. The Labute approximate surface area is 60.4 Å². The van der Waals surface area contributed by atoms with Gasteiger partial charge in [0.25, 0.3) is 0 Å². The lowest BCUT2D eigenvalue weighted by atomic mass is 10.3. The molecule has 0 fully saturated rings. The van der Waals surface area contributed by atoms with E-state index < -0.39 is 0 Å². The molecule has 4 nitrogen and oxygen atoms in total. The Morgan fingerprint density at radius 2 is 2.30 bits per heavy atom. The van der Waals surface area contributed by atoms with E-state index in [1.165, 1.54) is 0 Å². The quantitative estimate of drug-likeness (QED) is 0.457. The minimum atomic E-state index is -0.0421. The Hall–Kier alpha value is -0.610. The summed E-state index contributed by atoms with van der Waals surface area (Å²) in [7, 11) is 0. The molecule has 0 unspecified atom stereocenters. The highest BCUT2D eigenvalue weighted by atomic mass is 16.3. The van der Waals surface area contributed by atoms with Crippen LogP contribution in [0.25, 0.3) is 0 Å². The lowest BCUT2D eigenvalue weighted by Crippen LogP contribution is -2.26. The highest BCUT2D eigenvalue weighted by molar-refractivity contribution is 5.75. The third-order valence-corrected chi connectivity index (χ3v) is 1.04. The fraction of sp³-hybridized carbons (Fsp3) is 0.833. The van der Waals surface area contributed by atoms with Crippen LogP contribution in [0.2, 0.25) is 0 Å². The molecule has 0 bridgehead atoms. The number of hydrogen-bond donors (Lipinski definition) is 3. The van der Waals surface area contributed by atoms with E-state index >= 15 is 0 Å². The normalized spacial score (nSPS) is 9.40. The van der Waals surface area contributed by atoms with Crippen LogP contribution >= 0.6 is 0 Å². The lowest BCUT2D eigenvalue weighted by Gasteiger charge is -2.00. The summed E-state index contributed by atoms with van der Waals surface area (Å²) >= 11 is 0. The van der Waals surface area contributed by atoms with Gasteiger partial charge in [-0.15, -0.1) is 0 Å². The fourth-order valence-electron chi connectivity index (χ4n) is 0.546. The summed E-state index contributed by atoms with van der Waals surface area (Å²) in [5.74, 6) is -0.0421. The topological polar surface area (TPSA) is 75.4 Å². The van der Waals surface area contributed by atoms with Gasteiger partial charge in [-0.2, -0.15) is 0 Å². The Kier molecular flexibility index (Phi) is 6.11. The molecule has 0 heterocycles. The maximum Gasteiger partial charge on any atom is 0.220 e. The van der Waals surface area contributed by atoms with Gasteiger partial charge in [-0.1, -0.05) is 0 Å². The summed E-state index contributed by atoms with van der Waals surface area (Å²) in [5, 5.41) is 10.8. The SMILES string of the molecule is NCCCC(=O)NCCO. The van der Waals surface area contributed by atoms with Crippen molar-refractivity contribution in [1.82, 2.24) is 5.32 Å². The van der Waals surface area contributed by atoms with E-state index in [1.54, 1.807) is 0 Å². The van der Waals surface area contributed by atoms with Crippen LogP contribution in [0.15, 0.2) is 0 Å². The number of carbonyl (C=O) groups is 1. The van der Waals surface area contributed by atoms with Gasteiger partial charge in [-0.3, -0.25) is 4.79 Å². The second kappa shape index (κ2) is 6.51. The first-order valence-electron chi connectivity index (χ1n) is 3.39. The molecule has 0 aromatic heterocycles. The average molecular weight is 146 g/mol. The Balaban J connectivity index is 3.09. The molecule has 0 aromatic rings. The van der Waals surface area contributed by atoms with Crippen LogP contribution in [0.4, 0.5) is 0 Å². The van der Waals surface area contributed by atoms with E-state index in [4.69, 9.17) is 10.8 Å². The zero-order valence-corrected chi connectivity index (χ0v) is 5.97. The number of amides is 1. The van der Waals surface area contributed by atoms with Gasteiger partial charge in [0.2, 0.25) is 5.91 Å². The van der Waals surface area contributed by atoms with E-state index in [1.807, 2.05) is 0 Å². The molecule has 0 aliphatic rings. The van der Waals surface area contributed by atoms with Crippen molar-refractivity contribution in [3.05, 3.63) is 0 Å². The molecule has 4 N–H and O–H groups in total. The maximum atomic E-state index is 10.7. The van der Waals surface area contributed by atoms with Gasteiger partial charge in [0.05, 0.1) is 6.61 Å². The van der Waals surface area contributed by atoms with Crippen LogP contribution in [0.1, 0.15) is 12.8 Å². The number of aliphatic hydroxyl groups is 1. The molecule has 0 aliphatic carbocycles. The predicted octanol–water partition coefficient (Wildman–Crippen LogP) is -1.17. The highest BCUT2D eigenvalue weighted by Gasteiger charge is 1.96. The summed E-state index contributed by atoms with van der Waals surface area (Å²) in [6, 6.07) is 0. The van der Waals surface area contributed by atoms with Gasteiger partial charge < -0.3 is 16.2 Å². The van der Waals surface area contributed by atoms with E-state index in [0.717, 1.165) is 0 Å². The molecule has 0 aromatic carbocycles. The Bertz CT molecular complexity index is 85.7. The van der Waals surface area contributed by atoms with Crippen LogP contribution in [0.5, 0.6) is 0 Å². The fourth-order valence-corrected chi connectivity index (χ4v) is 0.546. The molecule has 0 saturated heterocycles. The Morgan fingerprint density at radius 3 is 2.80 bits per heavy atom. The first kappa shape index (κ1) is 9.39. The molecule has 0 spiro atoms. The molecular weight excluding hydrogens is 132 g/mol.